The molecule has 0 N–H and O–H groups in total. The summed E-state index contributed by atoms with van der Waals surface area (Å²) in [5.74, 6) is 0.456. The Labute approximate surface area is 196 Å². The van der Waals surface area contributed by atoms with E-state index in [1.807, 2.05) is 110 Å². The Hall–Kier alpha value is -3.63. The van der Waals surface area contributed by atoms with Crippen molar-refractivity contribution in [3.8, 4) is 0 Å². The van der Waals surface area contributed by atoms with Gasteiger partial charge in [-0.25, -0.2) is 0 Å². The van der Waals surface area contributed by atoms with Crippen LogP contribution >= 0.6 is 0 Å². The van der Waals surface area contributed by atoms with Crippen molar-refractivity contribution in [2.45, 2.75) is 19.4 Å². The molecule has 4 rings (SSSR count). The van der Waals surface area contributed by atoms with Gasteiger partial charge in [-0.2, -0.15) is 0 Å². The molecule has 164 valence electrons. The summed E-state index contributed by atoms with van der Waals surface area (Å²) in [5.41, 5.74) is 4.70. The van der Waals surface area contributed by atoms with Gasteiger partial charge < -0.3 is 9.39 Å². The van der Waals surface area contributed by atoms with Gasteiger partial charge in [0.15, 0.2) is 5.78 Å². The number of ketones is 1. The molecule has 3 aromatic carbocycles. The third-order valence-electron chi connectivity index (χ3n) is 5.70. The number of allylic oxidation sites excluding steroid dienone is 3. The van der Waals surface area contributed by atoms with Crippen LogP contribution in [-0.2, 0) is 14.2 Å². The highest BCUT2D eigenvalue weighted by atomic mass is 16.5. The van der Waals surface area contributed by atoms with Gasteiger partial charge in [0.2, 0.25) is 0 Å². The van der Waals surface area contributed by atoms with Crippen molar-refractivity contribution < 1.29 is 14.2 Å². The second-order valence-electron chi connectivity index (χ2n) is 8.09. The lowest BCUT2D eigenvalue weighted by molar-refractivity contribution is -0.111. The standard InChI is InChI=1S/C29H27BO3/c1-22-13-15-24(16-14-22)29(21-28(31)23-17-19-27(32-2)20-18-23)33-30(25-9-5-3-6-10-25)26-11-7-4-8-12-26/h3-19,21,27H,20H2,1-2H3/b29-21-. The monoisotopic (exact) mass is 434 g/mol. The Morgan fingerprint density at radius 3 is 2.03 bits per heavy atom. The molecule has 4 heteroatoms. The minimum Gasteiger partial charge on any atom is -0.551 e. The predicted octanol–water partition coefficient (Wildman–Crippen LogP) is 4.63. The largest absolute Gasteiger partial charge is 0.551 e. The summed E-state index contributed by atoms with van der Waals surface area (Å²) in [5, 5.41) is 0. The van der Waals surface area contributed by atoms with Gasteiger partial charge in [-0.3, -0.25) is 4.79 Å². The number of methoxy groups -OCH3 is 1. The highest BCUT2D eigenvalue weighted by molar-refractivity contribution is 6.80. The first-order valence-corrected chi connectivity index (χ1v) is 11.1. The van der Waals surface area contributed by atoms with E-state index >= 15 is 0 Å². The Kier molecular flexibility index (Phi) is 7.38. The van der Waals surface area contributed by atoms with Crippen molar-refractivity contribution in [2.24, 2.45) is 0 Å². The van der Waals surface area contributed by atoms with Gasteiger partial charge in [0.05, 0.1) is 6.10 Å². The minimum absolute atomic E-state index is 0.0129. The van der Waals surface area contributed by atoms with Gasteiger partial charge in [0.1, 0.15) is 5.76 Å². The highest BCUT2D eigenvalue weighted by Crippen LogP contribution is 2.21. The van der Waals surface area contributed by atoms with Crippen LogP contribution in [0, 0.1) is 6.92 Å². The molecule has 0 radical (unpaired) electrons. The van der Waals surface area contributed by atoms with E-state index < -0.39 is 0 Å². The summed E-state index contributed by atoms with van der Waals surface area (Å²) in [7, 11) is 1.67. The molecule has 0 saturated heterocycles. The zero-order chi connectivity index (χ0) is 23.0. The fourth-order valence-electron chi connectivity index (χ4n) is 3.78. The Bertz CT molecular complexity index is 1120. The van der Waals surface area contributed by atoms with E-state index in [1.54, 1.807) is 13.2 Å². The van der Waals surface area contributed by atoms with Crippen LogP contribution in [0.2, 0.25) is 0 Å². The van der Waals surface area contributed by atoms with Crippen LogP contribution in [-0.4, -0.2) is 25.9 Å². The Morgan fingerprint density at radius 2 is 1.52 bits per heavy atom. The van der Waals surface area contributed by atoms with Crippen LogP contribution in [0.25, 0.3) is 5.76 Å². The molecule has 3 aromatic rings. The van der Waals surface area contributed by atoms with E-state index in [-0.39, 0.29) is 18.8 Å². The first kappa shape index (κ1) is 22.6. The molecule has 1 atom stereocenters. The quantitative estimate of drug-likeness (QED) is 0.295. The van der Waals surface area contributed by atoms with E-state index in [9.17, 15) is 4.79 Å². The smallest absolute Gasteiger partial charge is 0.426 e. The lowest BCUT2D eigenvalue weighted by atomic mass is 9.55. The Balaban J connectivity index is 1.72. The lowest BCUT2D eigenvalue weighted by Gasteiger charge is -2.20. The highest BCUT2D eigenvalue weighted by Gasteiger charge is 2.25. The molecule has 1 unspecified atom stereocenters. The molecule has 3 nitrogen and oxygen atoms in total. The van der Waals surface area contributed by atoms with Crippen molar-refractivity contribution >= 4 is 29.4 Å². The Morgan fingerprint density at radius 1 is 0.909 bits per heavy atom. The molecule has 0 saturated carbocycles. The van der Waals surface area contributed by atoms with Crippen LogP contribution in [0.4, 0.5) is 0 Å². The van der Waals surface area contributed by atoms with Crippen LogP contribution in [0.1, 0.15) is 17.5 Å². The molecule has 1 aliphatic rings. The SMILES string of the molecule is COC1C=CC(C(=O)/C=C(\OB(c2ccccc2)c2ccccc2)c2ccc(C)cc2)=CC1. The summed E-state index contributed by atoms with van der Waals surface area (Å²) in [6.07, 6.45) is 7.97. The summed E-state index contributed by atoms with van der Waals surface area (Å²) in [6, 6.07) is 28.2. The first-order chi connectivity index (χ1) is 16.1. The van der Waals surface area contributed by atoms with Gasteiger partial charge in [0.25, 0.3) is 0 Å². The third kappa shape index (κ3) is 5.79. The zero-order valence-electron chi connectivity index (χ0n) is 19.0. The molecule has 0 fully saturated rings. The van der Waals surface area contributed by atoms with Crippen molar-refractivity contribution in [1.29, 1.82) is 0 Å². The summed E-state index contributed by atoms with van der Waals surface area (Å²) in [4.78, 5) is 13.2. The first-order valence-electron chi connectivity index (χ1n) is 11.1. The number of carbonyl (C=O) groups excluding carboxylic acids is 1. The van der Waals surface area contributed by atoms with E-state index in [2.05, 4.69) is 0 Å². The number of benzene rings is 3. The second kappa shape index (κ2) is 10.8. The minimum atomic E-state index is -0.346. The number of carbonyl (C=O) groups is 1. The zero-order valence-corrected chi connectivity index (χ0v) is 19.0. The lowest BCUT2D eigenvalue weighted by Crippen LogP contribution is -2.44. The van der Waals surface area contributed by atoms with Crippen LogP contribution in [0.15, 0.2) is 115 Å². The van der Waals surface area contributed by atoms with E-state index in [1.165, 1.54) is 0 Å². The number of aryl methyl sites for hydroxylation is 1. The molecule has 0 heterocycles. The van der Waals surface area contributed by atoms with Crippen molar-refractivity contribution in [1.82, 2.24) is 0 Å². The summed E-state index contributed by atoms with van der Waals surface area (Å²) in [6.45, 7) is 1.70. The van der Waals surface area contributed by atoms with Gasteiger partial charge in [-0.15, -0.1) is 0 Å². The average Bonchev–Trinajstić information content (AvgIpc) is 2.88. The van der Waals surface area contributed by atoms with Gasteiger partial charge in [-0.1, -0.05) is 109 Å². The molecular weight excluding hydrogens is 407 g/mol. The second-order valence-corrected chi connectivity index (χ2v) is 8.09. The molecule has 1 aliphatic carbocycles. The maximum Gasteiger partial charge on any atom is 0.426 e. The van der Waals surface area contributed by atoms with Crippen LogP contribution in [0.5, 0.6) is 0 Å². The molecule has 0 spiro atoms. The molecule has 0 aliphatic heterocycles. The van der Waals surface area contributed by atoms with E-state index in [0.717, 1.165) is 22.1 Å². The average molecular weight is 434 g/mol. The van der Waals surface area contributed by atoms with Crippen molar-refractivity contribution in [2.75, 3.05) is 7.11 Å². The predicted molar refractivity (Wildman–Crippen MR) is 136 cm³/mol. The molecular formula is C29H27BO3. The number of hydrogen-bond donors (Lipinski definition) is 0. The van der Waals surface area contributed by atoms with Crippen molar-refractivity contribution in [3.63, 3.8) is 0 Å². The normalized spacial score (nSPS) is 15.6. The van der Waals surface area contributed by atoms with Gasteiger partial charge in [0, 0.05) is 24.3 Å². The fourth-order valence-corrected chi connectivity index (χ4v) is 3.78. The topological polar surface area (TPSA) is 35.5 Å². The summed E-state index contributed by atoms with van der Waals surface area (Å²) < 4.78 is 12.0. The van der Waals surface area contributed by atoms with Crippen LogP contribution in [0.3, 0.4) is 0 Å². The van der Waals surface area contributed by atoms with Gasteiger partial charge >= 0.3 is 6.92 Å². The van der Waals surface area contributed by atoms with E-state index in [4.69, 9.17) is 9.39 Å². The number of rotatable bonds is 8. The van der Waals surface area contributed by atoms with E-state index in [0.29, 0.717) is 17.8 Å². The van der Waals surface area contributed by atoms with Crippen molar-refractivity contribution in [3.05, 3.63) is 126 Å². The molecule has 0 aromatic heterocycles. The number of hydrogen-bond acceptors (Lipinski definition) is 3. The molecule has 33 heavy (non-hydrogen) atoms. The third-order valence-corrected chi connectivity index (χ3v) is 5.70. The maximum absolute atomic E-state index is 13.2. The number of ether oxygens (including phenoxy) is 1. The fraction of sp³-hybridized carbons (Fsp3) is 0.138. The molecule has 0 bridgehead atoms. The van der Waals surface area contributed by atoms with Crippen LogP contribution < -0.4 is 10.9 Å². The van der Waals surface area contributed by atoms with Gasteiger partial charge in [-0.05, 0) is 24.3 Å². The molecule has 0 amide bonds. The maximum atomic E-state index is 13.2. The summed E-state index contributed by atoms with van der Waals surface area (Å²) >= 11 is 0.